The second-order valence-corrected chi connectivity index (χ2v) is 3.87. The summed E-state index contributed by atoms with van der Waals surface area (Å²) in [7, 11) is 0. The number of esters is 1. The lowest BCUT2D eigenvalue weighted by molar-refractivity contribution is -0.151. The van der Waals surface area contributed by atoms with Gasteiger partial charge in [0, 0.05) is 24.0 Å². The Morgan fingerprint density at radius 3 is 2.65 bits per heavy atom. The van der Waals surface area contributed by atoms with Crippen LogP contribution in [-0.4, -0.2) is 33.4 Å². The van der Waals surface area contributed by atoms with E-state index in [9.17, 15) is 14.7 Å². The number of aliphatic hydroxyl groups excluding tert-OH is 1. The molecule has 1 aromatic heterocycles. The third-order valence-electron chi connectivity index (χ3n) is 2.51. The fourth-order valence-electron chi connectivity index (χ4n) is 1.59. The quantitative estimate of drug-likeness (QED) is 0.394. The highest BCUT2D eigenvalue weighted by Gasteiger charge is 2.14. The molecule has 0 bridgehead atoms. The van der Waals surface area contributed by atoms with Gasteiger partial charge in [-0.2, -0.15) is 0 Å². The fraction of sp³-hybridized carbons (Fsp3) is 0.143. The van der Waals surface area contributed by atoms with E-state index in [2.05, 4.69) is 14.7 Å². The van der Waals surface area contributed by atoms with Crippen molar-refractivity contribution in [3.05, 3.63) is 42.2 Å². The number of aromatic nitrogens is 2. The Morgan fingerprint density at radius 2 is 1.95 bits per heavy atom. The van der Waals surface area contributed by atoms with Crippen molar-refractivity contribution in [2.45, 2.75) is 6.92 Å². The SMILES string of the molecule is CCOC(=O)C(=O)/C=C(\O)c1ccc2nccnc2c1. The maximum Gasteiger partial charge on any atom is 0.379 e. The van der Waals surface area contributed by atoms with Gasteiger partial charge in [-0.1, -0.05) is 0 Å². The largest absolute Gasteiger partial charge is 0.507 e. The minimum Gasteiger partial charge on any atom is -0.507 e. The average Bonchev–Trinajstić information content (AvgIpc) is 2.46. The number of ketones is 1. The monoisotopic (exact) mass is 272 g/mol. The van der Waals surface area contributed by atoms with Crippen LogP contribution in [0.25, 0.3) is 16.8 Å². The highest BCUT2D eigenvalue weighted by molar-refractivity contribution is 6.39. The Kier molecular flexibility index (Phi) is 4.05. The summed E-state index contributed by atoms with van der Waals surface area (Å²) >= 11 is 0. The predicted octanol–water partition coefficient (Wildman–Crippen LogP) is 1.66. The second kappa shape index (κ2) is 5.92. The number of benzene rings is 1. The number of hydrogen-bond donors (Lipinski definition) is 1. The first-order valence-corrected chi connectivity index (χ1v) is 5.94. The lowest BCUT2D eigenvalue weighted by atomic mass is 10.1. The van der Waals surface area contributed by atoms with E-state index in [0.717, 1.165) is 6.08 Å². The van der Waals surface area contributed by atoms with Crippen LogP contribution in [0.5, 0.6) is 0 Å². The molecule has 0 aliphatic rings. The molecule has 20 heavy (non-hydrogen) atoms. The molecule has 0 spiro atoms. The van der Waals surface area contributed by atoms with Crippen LogP contribution in [0, 0.1) is 0 Å². The predicted molar refractivity (Wildman–Crippen MR) is 71.8 cm³/mol. The Hall–Kier alpha value is -2.76. The fourth-order valence-corrected chi connectivity index (χ4v) is 1.59. The molecule has 0 atom stereocenters. The molecule has 1 aromatic carbocycles. The summed E-state index contributed by atoms with van der Waals surface area (Å²) in [5.74, 6) is -2.24. The third-order valence-corrected chi connectivity index (χ3v) is 2.51. The van der Waals surface area contributed by atoms with Gasteiger partial charge in [-0.3, -0.25) is 14.8 Å². The standard InChI is InChI=1S/C14H12N2O4/c1-2-20-14(19)13(18)8-12(17)9-3-4-10-11(7-9)16-6-5-15-10/h3-8,17H,2H2,1H3/b12-8-. The molecular formula is C14H12N2O4. The van der Waals surface area contributed by atoms with Gasteiger partial charge < -0.3 is 9.84 Å². The number of ether oxygens (including phenoxy) is 1. The van der Waals surface area contributed by atoms with Crippen molar-refractivity contribution in [1.82, 2.24) is 9.97 Å². The summed E-state index contributed by atoms with van der Waals surface area (Å²) in [6.45, 7) is 1.70. The van der Waals surface area contributed by atoms with Crippen molar-refractivity contribution in [2.75, 3.05) is 6.61 Å². The van der Waals surface area contributed by atoms with Crippen LogP contribution < -0.4 is 0 Å². The topological polar surface area (TPSA) is 89.4 Å². The minimum atomic E-state index is -1.00. The first-order valence-electron chi connectivity index (χ1n) is 5.94. The van der Waals surface area contributed by atoms with E-state index in [0.29, 0.717) is 16.6 Å². The summed E-state index contributed by atoms with van der Waals surface area (Å²) in [4.78, 5) is 30.8. The van der Waals surface area contributed by atoms with E-state index >= 15 is 0 Å². The van der Waals surface area contributed by atoms with Gasteiger partial charge in [-0.25, -0.2) is 4.79 Å². The molecule has 0 aliphatic heterocycles. The highest BCUT2D eigenvalue weighted by atomic mass is 16.5. The summed E-state index contributed by atoms with van der Waals surface area (Å²) in [6, 6.07) is 4.82. The lowest BCUT2D eigenvalue weighted by Crippen LogP contribution is -2.15. The normalized spacial score (nSPS) is 11.3. The Labute approximate surface area is 114 Å². The summed E-state index contributed by atoms with van der Waals surface area (Å²) in [6.07, 6.45) is 3.91. The van der Waals surface area contributed by atoms with E-state index in [1.807, 2.05) is 0 Å². The molecule has 102 valence electrons. The maximum absolute atomic E-state index is 11.4. The molecule has 0 amide bonds. The van der Waals surface area contributed by atoms with Crippen molar-refractivity contribution in [3.63, 3.8) is 0 Å². The number of carbonyl (C=O) groups excluding carboxylic acids is 2. The van der Waals surface area contributed by atoms with E-state index < -0.39 is 11.8 Å². The molecule has 0 saturated carbocycles. The van der Waals surface area contributed by atoms with E-state index in [4.69, 9.17) is 0 Å². The molecule has 1 heterocycles. The molecule has 6 nitrogen and oxygen atoms in total. The van der Waals surface area contributed by atoms with Crippen molar-refractivity contribution >= 4 is 28.5 Å². The molecule has 0 unspecified atom stereocenters. The van der Waals surface area contributed by atoms with Crippen molar-refractivity contribution in [2.24, 2.45) is 0 Å². The molecule has 0 saturated heterocycles. The van der Waals surface area contributed by atoms with Crippen LogP contribution in [0.1, 0.15) is 12.5 Å². The zero-order valence-corrected chi connectivity index (χ0v) is 10.7. The lowest BCUT2D eigenvalue weighted by Gasteiger charge is -2.02. The van der Waals surface area contributed by atoms with Gasteiger partial charge in [0.15, 0.2) is 0 Å². The van der Waals surface area contributed by atoms with Gasteiger partial charge >= 0.3 is 5.97 Å². The number of hydrogen-bond acceptors (Lipinski definition) is 6. The molecule has 0 fully saturated rings. The van der Waals surface area contributed by atoms with Gasteiger partial charge in [0.25, 0.3) is 5.78 Å². The molecule has 0 aliphatic carbocycles. The van der Waals surface area contributed by atoms with Crippen LogP contribution in [-0.2, 0) is 14.3 Å². The Bertz CT molecular complexity index is 694. The molecule has 6 heteroatoms. The summed E-state index contributed by atoms with van der Waals surface area (Å²) in [5.41, 5.74) is 1.62. The number of carbonyl (C=O) groups is 2. The maximum atomic E-state index is 11.4. The first kappa shape index (κ1) is 13.7. The number of fused-ring (bicyclic) bond motifs is 1. The van der Waals surface area contributed by atoms with Crippen LogP contribution >= 0.6 is 0 Å². The molecule has 0 radical (unpaired) electrons. The number of rotatable bonds is 4. The zero-order valence-electron chi connectivity index (χ0n) is 10.7. The van der Waals surface area contributed by atoms with E-state index in [1.165, 1.54) is 6.20 Å². The van der Waals surface area contributed by atoms with Gasteiger partial charge in [0.05, 0.1) is 17.6 Å². The number of aliphatic hydroxyl groups is 1. The third kappa shape index (κ3) is 2.97. The minimum absolute atomic E-state index is 0.102. The average molecular weight is 272 g/mol. The van der Waals surface area contributed by atoms with E-state index in [1.54, 1.807) is 31.3 Å². The van der Waals surface area contributed by atoms with Crippen molar-refractivity contribution in [3.8, 4) is 0 Å². The van der Waals surface area contributed by atoms with Crippen LogP contribution in [0.15, 0.2) is 36.7 Å². The second-order valence-electron chi connectivity index (χ2n) is 3.87. The van der Waals surface area contributed by atoms with Gasteiger partial charge in [0.2, 0.25) is 0 Å². The molecule has 2 rings (SSSR count). The molecular weight excluding hydrogens is 260 g/mol. The number of nitrogens with zero attached hydrogens (tertiary/aromatic N) is 2. The van der Waals surface area contributed by atoms with E-state index in [-0.39, 0.29) is 12.4 Å². The zero-order chi connectivity index (χ0) is 14.5. The molecule has 2 aromatic rings. The van der Waals surface area contributed by atoms with Crippen LogP contribution in [0.4, 0.5) is 0 Å². The summed E-state index contributed by atoms with van der Waals surface area (Å²) in [5, 5.41) is 9.85. The van der Waals surface area contributed by atoms with Crippen LogP contribution in [0.3, 0.4) is 0 Å². The van der Waals surface area contributed by atoms with Gasteiger partial charge in [-0.05, 0) is 25.1 Å². The van der Waals surface area contributed by atoms with Crippen molar-refractivity contribution < 1.29 is 19.4 Å². The highest BCUT2D eigenvalue weighted by Crippen LogP contribution is 2.16. The Balaban J connectivity index is 2.28. The van der Waals surface area contributed by atoms with Crippen molar-refractivity contribution in [1.29, 1.82) is 0 Å². The van der Waals surface area contributed by atoms with Gasteiger partial charge in [-0.15, -0.1) is 0 Å². The molecule has 1 N–H and O–H groups in total. The Morgan fingerprint density at radius 1 is 1.25 bits per heavy atom. The van der Waals surface area contributed by atoms with Gasteiger partial charge in [0.1, 0.15) is 5.76 Å². The van der Waals surface area contributed by atoms with Crippen LogP contribution in [0.2, 0.25) is 0 Å². The smallest absolute Gasteiger partial charge is 0.379 e. The first-order chi connectivity index (χ1) is 9.61. The summed E-state index contributed by atoms with van der Waals surface area (Å²) < 4.78 is 4.54.